The Labute approximate surface area is 119 Å². The van der Waals surface area contributed by atoms with Crippen LogP contribution in [0.4, 0.5) is 0 Å². The summed E-state index contributed by atoms with van der Waals surface area (Å²) < 4.78 is 35.5. The van der Waals surface area contributed by atoms with Crippen molar-refractivity contribution in [3.63, 3.8) is 0 Å². The molecular formula is C11H24NO5S2+. The van der Waals surface area contributed by atoms with Gasteiger partial charge in [0.2, 0.25) is 0 Å². The molecule has 0 aliphatic rings. The van der Waals surface area contributed by atoms with Gasteiger partial charge in [0.1, 0.15) is 13.2 Å². The van der Waals surface area contributed by atoms with Crippen LogP contribution in [0.25, 0.3) is 0 Å². The van der Waals surface area contributed by atoms with Gasteiger partial charge in [0.05, 0.1) is 32.8 Å². The van der Waals surface area contributed by atoms with Gasteiger partial charge in [-0.3, -0.25) is 9.35 Å². The van der Waals surface area contributed by atoms with Crippen LogP contribution in [0, 0.1) is 0 Å². The molecule has 0 saturated heterocycles. The van der Waals surface area contributed by atoms with E-state index in [1.807, 2.05) is 20.4 Å². The summed E-state index contributed by atoms with van der Waals surface area (Å²) in [5.41, 5.74) is 0. The lowest BCUT2D eigenvalue weighted by molar-refractivity contribution is -0.890. The number of hydrogen-bond donors (Lipinski definition) is 1. The van der Waals surface area contributed by atoms with Gasteiger partial charge >= 0.3 is 5.97 Å². The second-order valence-corrected chi connectivity index (χ2v) is 7.54. The molecule has 0 aromatic carbocycles. The summed E-state index contributed by atoms with van der Waals surface area (Å²) in [4.78, 5) is 11.3. The molecule has 0 radical (unpaired) electrons. The third-order valence-electron chi connectivity index (χ3n) is 2.64. The number of hydrogen-bond acceptors (Lipinski definition) is 5. The van der Waals surface area contributed by atoms with E-state index in [-0.39, 0.29) is 11.7 Å². The summed E-state index contributed by atoms with van der Waals surface area (Å²) in [5, 5.41) is 0. The summed E-state index contributed by atoms with van der Waals surface area (Å²) in [7, 11) is -0.0279. The molecule has 0 saturated carbocycles. The van der Waals surface area contributed by atoms with Crippen molar-refractivity contribution in [3.05, 3.63) is 0 Å². The highest BCUT2D eigenvalue weighted by Crippen LogP contribution is 2.02. The summed E-state index contributed by atoms with van der Waals surface area (Å²) in [6.07, 6.45) is 2.73. The molecule has 0 aliphatic heterocycles. The number of quaternary nitrogens is 1. The Morgan fingerprint density at radius 1 is 1.32 bits per heavy atom. The first-order chi connectivity index (χ1) is 8.66. The van der Waals surface area contributed by atoms with Crippen LogP contribution in [-0.2, 0) is 19.6 Å². The van der Waals surface area contributed by atoms with E-state index in [4.69, 9.17) is 9.29 Å². The smallest absolute Gasteiger partial charge is 0.306 e. The average molecular weight is 314 g/mol. The Bertz CT molecular complexity index is 367. The van der Waals surface area contributed by atoms with Crippen molar-refractivity contribution in [2.45, 2.75) is 12.8 Å². The quantitative estimate of drug-likeness (QED) is 0.362. The van der Waals surface area contributed by atoms with E-state index in [0.29, 0.717) is 37.0 Å². The second-order valence-electron chi connectivity index (χ2n) is 4.99. The third kappa shape index (κ3) is 12.5. The normalized spacial score (nSPS) is 12.4. The van der Waals surface area contributed by atoms with Crippen LogP contribution in [-0.4, -0.2) is 75.0 Å². The number of esters is 1. The van der Waals surface area contributed by atoms with E-state index in [1.54, 1.807) is 11.8 Å². The van der Waals surface area contributed by atoms with Crippen molar-refractivity contribution >= 4 is 27.8 Å². The summed E-state index contributed by atoms with van der Waals surface area (Å²) in [6.45, 7) is 1.55. The van der Waals surface area contributed by atoms with Gasteiger partial charge in [0.15, 0.2) is 0 Å². The molecule has 0 amide bonds. The first-order valence-corrected chi connectivity index (χ1v) is 9.08. The van der Waals surface area contributed by atoms with Gasteiger partial charge in [-0.2, -0.15) is 20.2 Å². The predicted molar refractivity (Wildman–Crippen MR) is 76.8 cm³/mol. The van der Waals surface area contributed by atoms with Gasteiger partial charge in [-0.25, -0.2) is 0 Å². The molecule has 0 bridgehead atoms. The zero-order valence-corrected chi connectivity index (χ0v) is 13.4. The fraction of sp³-hybridized carbons (Fsp3) is 0.909. The van der Waals surface area contributed by atoms with Crippen LogP contribution >= 0.6 is 11.8 Å². The molecule has 0 aliphatic carbocycles. The maximum atomic E-state index is 11.3. The van der Waals surface area contributed by atoms with Gasteiger partial charge < -0.3 is 9.22 Å². The van der Waals surface area contributed by atoms with Crippen LogP contribution in [0.5, 0.6) is 0 Å². The van der Waals surface area contributed by atoms with Crippen LogP contribution in [0.15, 0.2) is 0 Å². The lowest BCUT2D eigenvalue weighted by atomic mass is 10.3. The molecule has 0 fully saturated rings. The Kier molecular flexibility index (Phi) is 8.64. The van der Waals surface area contributed by atoms with Crippen molar-refractivity contribution in [2.24, 2.45) is 0 Å². The van der Waals surface area contributed by atoms with Crippen molar-refractivity contribution in [2.75, 3.05) is 51.6 Å². The molecule has 0 atom stereocenters. The zero-order chi connectivity index (χ0) is 14.9. The molecular weight excluding hydrogens is 290 g/mol. The van der Waals surface area contributed by atoms with Crippen LogP contribution in [0.1, 0.15) is 12.8 Å². The van der Waals surface area contributed by atoms with Gasteiger partial charge in [0, 0.05) is 12.2 Å². The van der Waals surface area contributed by atoms with E-state index < -0.39 is 10.1 Å². The minimum absolute atomic E-state index is 0.202. The van der Waals surface area contributed by atoms with Crippen molar-refractivity contribution in [3.8, 4) is 0 Å². The maximum Gasteiger partial charge on any atom is 0.306 e. The summed E-state index contributed by atoms with van der Waals surface area (Å²) >= 11 is 1.60. The summed E-state index contributed by atoms with van der Waals surface area (Å²) in [5.74, 6) is 0.320. The van der Waals surface area contributed by atoms with Crippen molar-refractivity contribution in [1.29, 1.82) is 0 Å². The average Bonchev–Trinajstić information content (AvgIpc) is 2.23. The standard InChI is InChI=1S/C11H23NO5S2/c1-12(2,6-4-10-19(14,15)16)7-8-17-11(13)5-9-18-3/h4-10H2,1-3H3/p+1. The molecule has 8 heteroatoms. The molecule has 19 heavy (non-hydrogen) atoms. The molecule has 0 aromatic rings. The van der Waals surface area contributed by atoms with Gasteiger partial charge in [-0.15, -0.1) is 0 Å². The predicted octanol–water partition coefficient (Wildman–Crippen LogP) is 0.637. The van der Waals surface area contributed by atoms with E-state index in [1.165, 1.54) is 0 Å². The number of thioether (sulfide) groups is 1. The molecule has 6 nitrogen and oxygen atoms in total. The molecule has 1 N–H and O–H groups in total. The molecule has 0 aromatic heterocycles. The number of nitrogens with zero attached hydrogens (tertiary/aromatic N) is 1. The van der Waals surface area contributed by atoms with E-state index >= 15 is 0 Å². The number of rotatable bonds is 10. The first-order valence-electron chi connectivity index (χ1n) is 6.08. The highest BCUT2D eigenvalue weighted by molar-refractivity contribution is 7.98. The van der Waals surface area contributed by atoms with Gasteiger partial charge in [-0.1, -0.05) is 0 Å². The number of carbonyl (C=O) groups excluding carboxylic acids is 1. The number of likely N-dealkylation sites (N-methyl/N-ethyl adjacent to an activating group) is 1. The second kappa shape index (κ2) is 8.78. The van der Waals surface area contributed by atoms with Crippen LogP contribution in [0.2, 0.25) is 0 Å². The van der Waals surface area contributed by atoms with E-state index in [0.717, 1.165) is 5.75 Å². The highest BCUT2D eigenvalue weighted by Gasteiger charge is 2.17. The van der Waals surface area contributed by atoms with Crippen molar-refractivity contribution < 1.29 is 27.0 Å². The maximum absolute atomic E-state index is 11.3. The largest absolute Gasteiger partial charge is 0.460 e. The molecule has 0 heterocycles. The van der Waals surface area contributed by atoms with Gasteiger partial charge in [-0.05, 0) is 6.26 Å². The number of ether oxygens (including phenoxy) is 1. The fourth-order valence-electron chi connectivity index (χ4n) is 1.45. The van der Waals surface area contributed by atoms with Crippen LogP contribution in [0.3, 0.4) is 0 Å². The first kappa shape index (κ1) is 18.7. The third-order valence-corrected chi connectivity index (χ3v) is 4.05. The zero-order valence-electron chi connectivity index (χ0n) is 11.8. The molecule has 114 valence electrons. The van der Waals surface area contributed by atoms with Crippen molar-refractivity contribution in [1.82, 2.24) is 0 Å². The minimum Gasteiger partial charge on any atom is -0.460 e. The lowest BCUT2D eigenvalue weighted by Crippen LogP contribution is -2.43. The van der Waals surface area contributed by atoms with E-state index in [9.17, 15) is 13.2 Å². The fourth-order valence-corrected chi connectivity index (χ4v) is 2.32. The Balaban J connectivity index is 3.81. The van der Waals surface area contributed by atoms with Gasteiger partial charge in [0.25, 0.3) is 10.1 Å². The Morgan fingerprint density at radius 2 is 1.95 bits per heavy atom. The minimum atomic E-state index is -3.89. The lowest BCUT2D eigenvalue weighted by Gasteiger charge is -2.29. The molecule has 0 unspecified atom stereocenters. The summed E-state index contributed by atoms with van der Waals surface area (Å²) in [6, 6.07) is 0. The van der Waals surface area contributed by atoms with Crippen LogP contribution < -0.4 is 0 Å². The Hall–Kier alpha value is -0.310. The molecule has 0 spiro atoms. The SMILES string of the molecule is CSCCC(=O)OCC[N+](C)(C)CCCS(=O)(=O)O. The number of carbonyl (C=O) groups is 1. The molecule has 0 rings (SSSR count). The topological polar surface area (TPSA) is 80.7 Å². The highest BCUT2D eigenvalue weighted by atomic mass is 32.2. The Morgan fingerprint density at radius 3 is 2.47 bits per heavy atom. The van der Waals surface area contributed by atoms with E-state index in [2.05, 4.69) is 0 Å². The monoisotopic (exact) mass is 314 g/mol.